The van der Waals surface area contributed by atoms with Gasteiger partial charge in [-0.05, 0) is 43.0 Å². The molecule has 0 radical (unpaired) electrons. The summed E-state index contributed by atoms with van der Waals surface area (Å²) >= 11 is 0. The predicted molar refractivity (Wildman–Crippen MR) is 160 cm³/mol. The van der Waals surface area contributed by atoms with Gasteiger partial charge in [-0.25, -0.2) is 4.79 Å². The molecule has 3 N–H and O–H groups in total. The van der Waals surface area contributed by atoms with E-state index in [2.05, 4.69) is 15.6 Å². The van der Waals surface area contributed by atoms with Crippen molar-refractivity contribution in [2.45, 2.75) is 64.0 Å². The molecule has 1 aliphatic heterocycles. The van der Waals surface area contributed by atoms with Crippen LogP contribution in [-0.4, -0.2) is 71.5 Å². The maximum absolute atomic E-state index is 13.9. The van der Waals surface area contributed by atoms with Crippen LogP contribution >= 0.6 is 0 Å². The number of benzene rings is 2. The Bertz CT molecular complexity index is 1360. The SMILES string of the molecule is COc1ccccc1NC(=O)NC(Cc1c[nH]c2ccccc12)C(=O)N1CCN(C(=O)CCC2CCCC2)C(C)C1. The zero-order valence-corrected chi connectivity index (χ0v) is 24.0. The molecule has 218 valence electrons. The van der Waals surface area contributed by atoms with Crippen LogP contribution < -0.4 is 15.4 Å². The molecule has 41 heavy (non-hydrogen) atoms. The van der Waals surface area contributed by atoms with Gasteiger partial charge in [0, 0.05) is 55.6 Å². The van der Waals surface area contributed by atoms with Gasteiger partial charge < -0.3 is 30.2 Å². The number of ether oxygens (including phenoxy) is 1. The van der Waals surface area contributed by atoms with Crippen LogP contribution in [0.4, 0.5) is 10.5 Å². The number of para-hydroxylation sites is 3. The number of piperazine rings is 1. The second-order valence-electron chi connectivity index (χ2n) is 11.3. The normalized spacial score (nSPS) is 18.3. The monoisotopic (exact) mass is 559 g/mol. The fourth-order valence-electron chi connectivity index (χ4n) is 6.30. The molecule has 4 amide bonds. The zero-order chi connectivity index (χ0) is 28.8. The molecule has 1 aliphatic carbocycles. The minimum Gasteiger partial charge on any atom is -0.495 e. The van der Waals surface area contributed by atoms with E-state index in [4.69, 9.17) is 4.74 Å². The van der Waals surface area contributed by atoms with Crippen molar-refractivity contribution < 1.29 is 19.1 Å². The Morgan fingerprint density at radius 1 is 1.05 bits per heavy atom. The van der Waals surface area contributed by atoms with Crippen LogP contribution in [0.15, 0.2) is 54.7 Å². The Kier molecular flexibility index (Phi) is 9.11. The van der Waals surface area contributed by atoms with Gasteiger partial charge in [0.1, 0.15) is 11.8 Å². The van der Waals surface area contributed by atoms with Crippen molar-refractivity contribution in [2.75, 3.05) is 32.1 Å². The van der Waals surface area contributed by atoms with Gasteiger partial charge in [0.2, 0.25) is 11.8 Å². The summed E-state index contributed by atoms with van der Waals surface area (Å²) < 4.78 is 5.36. The van der Waals surface area contributed by atoms with E-state index in [0.29, 0.717) is 49.8 Å². The van der Waals surface area contributed by atoms with Crippen molar-refractivity contribution in [3.63, 3.8) is 0 Å². The lowest BCUT2D eigenvalue weighted by Crippen LogP contribution is -2.59. The fourth-order valence-corrected chi connectivity index (χ4v) is 6.30. The van der Waals surface area contributed by atoms with Crippen molar-refractivity contribution in [2.24, 2.45) is 5.92 Å². The van der Waals surface area contributed by atoms with Gasteiger partial charge >= 0.3 is 6.03 Å². The number of anilines is 1. The molecule has 2 atom stereocenters. The first-order chi connectivity index (χ1) is 19.9. The van der Waals surface area contributed by atoms with E-state index in [9.17, 15) is 14.4 Å². The van der Waals surface area contributed by atoms with Crippen LogP contribution in [0.3, 0.4) is 0 Å². The molecule has 2 aromatic carbocycles. The number of aromatic amines is 1. The van der Waals surface area contributed by atoms with Gasteiger partial charge in [-0.2, -0.15) is 0 Å². The molecule has 3 aromatic rings. The quantitative estimate of drug-likeness (QED) is 0.345. The number of hydrogen-bond acceptors (Lipinski definition) is 4. The molecule has 2 heterocycles. The van der Waals surface area contributed by atoms with E-state index < -0.39 is 12.1 Å². The van der Waals surface area contributed by atoms with Crippen molar-refractivity contribution >= 4 is 34.4 Å². The first-order valence-electron chi connectivity index (χ1n) is 14.8. The van der Waals surface area contributed by atoms with Crippen LogP contribution in [0.1, 0.15) is 51.0 Å². The lowest BCUT2D eigenvalue weighted by molar-refractivity contribution is -0.143. The smallest absolute Gasteiger partial charge is 0.320 e. The number of nitrogens with one attached hydrogen (secondary N) is 3. The first-order valence-corrected chi connectivity index (χ1v) is 14.8. The molecule has 2 fully saturated rings. The topological polar surface area (TPSA) is 107 Å². The highest BCUT2D eigenvalue weighted by Gasteiger charge is 2.34. The summed E-state index contributed by atoms with van der Waals surface area (Å²) in [7, 11) is 1.54. The number of rotatable bonds is 9. The first kappa shape index (κ1) is 28.5. The average Bonchev–Trinajstić information content (AvgIpc) is 3.66. The molecule has 5 rings (SSSR count). The average molecular weight is 560 g/mol. The molecule has 2 unspecified atom stereocenters. The van der Waals surface area contributed by atoms with Gasteiger partial charge in [0.25, 0.3) is 0 Å². The third-order valence-corrected chi connectivity index (χ3v) is 8.56. The van der Waals surface area contributed by atoms with Crippen LogP contribution in [0.5, 0.6) is 5.75 Å². The van der Waals surface area contributed by atoms with Crippen LogP contribution in [0.2, 0.25) is 0 Å². The van der Waals surface area contributed by atoms with Crippen LogP contribution in [0, 0.1) is 5.92 Å². The highest BCUT2D eigenvalue weighted by atomic mass is 16.5. The second-order valence-corrected chi connectivity index (χ2v) is 11.3. The standard InChI is InChI=1S/C32H41N5O4/c1-22-21-36(17-18-37(22)30(38)16-15-23-9-3-4-10-23)31(39)28(19-24-20-33-26-12-6-5-11-25(24)26)35-32(40)34-27-13-7-8-14-29(27)41-2/h5-8,11-14,20,22-23,28,33H,3-4,9-10,15-19,21H2,1-2H3,(H2,34,35,40). The molecule has 2 aliphatic rings. The van der Waals surface area contributed by atoms with E-state index in [1.54, 1.807) is 24.1 Å². The number of aromatic nitrogens is 1. The Balaban J connectivity index is 1.27. The molecule has 9 heteroatoms. The molecule has 1 saturated carbocycles. The number of methoxy groups -OCH3 is 1. The summed E-state index contributed by atoms with van der Waals surface area (Å²) in [5, 5.41) is 6.77. The Morgan fingerprint density at radius 3 is 2.59 bits per heavy atom. The number of hydrogen-bond donors (Lipinski definition) is 3. The molecule has 1 saturated heterocycles. The van der Waals surface area contributed by atoms with Crippen molar-refractivity contribution in [1.29, 1.82) is 0 Å². The Morgan fingerprint density at radius 2 is 1.80 bits per heavy atom. The van der Waals surface area contributed by atoms with Crippen LogP contribution in [0.25, 0.3) is 10.9 Å². The molecule has 1 aromatic heterocycles. The van der Waals surface area contributed by atoms with Crippen LogP contribution in [-0.2, 0) is 16.0 Å². The van der Waals surface area contributed by atoms with E-state index in [1.165, 1.54) is 25.7 Å². The van der Waals surface area contributed by atoms with Gasteiger partial charge in [0.05, 0.1) is 12.8 Å². The van der Waals surface area contributed by atoms with Gasteiger partial charge in [-0.3, -0.25) is 9.59 Å². The molecular formula is C32H41N5O4. The maximum Gasteiger partial charge on any atom is 0.320 e. The number of H-pyrrole nitrogens is 1. The third-order valence-electron chi connectivity index (χ3n) is 8.56. The summed E-state index contributed by atoms with van der Waals surface area (Å²) in [5.74, 6) is 1.23. The Hall–Kier alpha value is -4.01. The van der Waals surface area contributed by atoms with E-state index in [0.717, 1.165) is 22.9 Å². The van der Waals surface area contributed by atoms with E-state index in [-0.39, 0.29) is 17.9 Å². The van der Waals surface area contributed by atoms with Gasteiger partial charge in [-0.1, -0.05) is 56.0 Å². The fraction of sp³-hybridized carbons (Fsp3) is 0.469. The van der Waals surface area contributed by atoms with Crippen molar-refractivity contribution in [1.82, 2.24) is 20.1 Å². The largest absolute Gasteiger partial charge is 0.495 e. The molecular weight excluding hydrogens is 518 g/mol. The lowest BCUT2D eigenvalue weighted by atomic mass is 10.0. The summed E-state index contributed by atoms with van der Waals surface area (Å²) in [4.78, 5) is 47.1. The summed E-state index contributed by atoms with van der Waals surface area (Å²) in [6.07, 6.45) is 8.80. The minimum atomic E-state index is -0.791. The second kappa shape index (κ2) is 13.1. The Labute approximate surface area is 241 Å². The summed E-state index contributed by atoms with van der Waals surface area (Å²) in [6, 6.07) is 13.7. The van der Waals surface area contributed by atoms with Crippen molar-refractivity contribution in [3.8, 4) is 5.75 Å². The van der Waals surface area contributed by atoms with E-state index in [1.807, 2.05) is 54.4 Å². The number of amides is 4. The predicted octanol–water partition coefficient (Wildman–Crippen LogP) is 4.94. The van der Waals surface area contributed by atoms with Gasteiger partial charge in [0.15, 0.2) is 0 Å². The molecule has 0 bridgehead atoms. The van der Waals surface area contributed by atoms with E-state index >= 15 is 0 Å². The van der Waals surface area contributed by atoms with Gasteiger partial charge in [-0.15, -0.1) is 0 Å². The number of nitrogens with zero attached hydrogens (tertiary/aromatic N) is 2. The maximum atomic E-state index is 13.9. The summed E-state index contributed by atoms with van der Waals surface area (Å²) in [6.45, 7) is 3.39. The zero-order valence-electron chi connectivity index (χ0n) is 24.0. The highest BCUT2D eigenvalue weighted by molar-refractivity contribution is 5.95. The lowest BCUT2D eigenvalue weighted by Gasteiger charge is -2.41. The number of urea groups is 1. The number of fused-ring (bicyclic) bond motifs is 1. The summed E-state index contributed by atoms with van der Waals surface area (Å²) in [5.41, 5.74) is 2.44. The number of carbonyl (C=O) groups excluding carboxylic acids is 3. The third kappa shape index (κ3) is 6.84. The molecule has 9 nitrogen and oxygen atoms in total. The number of carbonyl (C=O) groups is 3. The highest BCUT2D eigenvalue weighted by Crippen LogP contribution is 2.29. The molecule has 0 spiro atoms. The minimum absolute atomic E-state index is 0.0834. The van der Waals surface area contributed by atoms with Crippen molar-refractivity contribution in [3.05, 3.63) is 60.3 Å².